The molecule has 0 aliphatic heterocycles. The first-order chi connectivity index (χ1) is 8.13. The molecule has 1 amide bonds. The van der Waals surface area contributed by atoms with E-state index in [1.54, 1.807) is 13.8 Å². The maximum absolute atomic E-state index is 11.5. The maximum atomic E-state index is 11.5. The van der Waals surface area contributed by atoms with Gasteiger partial charge in [-0.3, -0.25) is 5.32 Å². The molecule has 1 rings (SSSR count). The lowest BCUT2D eigenvalue weighted by atomic mass is 10.1. The van der Waals surface area contributed by atoms with Gasteiger partial charge in [0, 0.05) is 5.69 Å². The Morgan fingerprint density at radius 3 is 2.71 bits per heavy atom. The number of rotatable bonds is 5. The highest BCUT2D eigenvalue weighted by atomic mass is 16.6. The highest BCUT2D eigenvalue weighted by Gasteiger charge is 2.08. The van der Waals surface area contributed by atoms with E-state index in [1.807, 2.05) is 24.3 Å². The predicted molar refractivity (Wildman–Crippen MR) is 65.6 cm³/mol. The molecule has 0 unspecified atom stereocenters. The van der Waals surface area contributed by atoms with Crippen LogP contribution in [0.3, 0.4) is 0 Å². The Morgan fingerprint density at radius 1 is 1.35 bits per heavy atom. The number of hydrogen-bond acceptors (Lipinski definition) is 2. The summed E-state index contributed by atoms with van der Waals surface area (Å²) in [6.07, 6.45) is 0.623. The SMILES string of the molecule is CC(C)OC(=O)Nc1ccccc1CCC[O]. The van der Waals surface area contributed by atoms with Crippen molar-refractivity contribution in [2.75, 3.05) is 11.9 Å². The van der Waals surface area contributed by atoms with Gasteiger partial charge < -0.3 is 4.74 Å². The van der Waals surface area contributed by atoms with Crippen LogP contribution in [0.4, 0.5) is 10.5 Å². The third kappa shape index (κ3) is 4.87. The van der Waals surface area contributed by atoms with Gasteiger partial charge in [0.15, 0.2) is 0 Å². The monoisotopic (exact) mass is 236 g/mol. The Kier molecular flexibility index (Phi) is 5.49. The van der Waals surface area contributed by atoms with E-state index in [0.717, 1.165) is 5.56 Å². The average molecular weight is 236 g/mol. The second kappa shape index (κ2) is 6.91. The summed E-state index contributed by atoms with van der Waals surface area (Å²) in [5, 5.41) is 13.2. The van der Waals surface area contributed by atoms with Crippen molar-refractivity contribution >= 4 is 11.8 Å². The van der Waals surface area contributed by atoms with E-state index in [0.29, 0.717) is 18.5 Å². The fourth-order valence-electron chi connectivity index (χ4n) is 1.48. The smallest absolute Gasteiger partial charge is 0.411 e. The summed E-state index contributed by atoms with van der Waals surface area (Å²) in [7, 11) is 0. The summed E-state index contributed by atoms with van der Waals surface area (Å²) in [6, 6.07) is 7.44. The standard InChI is InChI=1S/C13H18NO3/c1-10(2)17-13(16)14-12-8-4-3-6-11(12)7-5-9-15/h3-4,6,8,10H,5,7,9H2,1-2H3,(H,14,16). The van der Waals surface area contributed by atoms with Crippen molar-refractivity contribution in [1.82, 2.24) is 0 Å². The maximum Gasteiger partial charge on any atom is 0.411 e. The average Bonchev–Trinajstić information content (AvgIpc) is 2.26. The number of anilines is 1. The first kappa shape index (κ1) is 13.5. The second-order valence-electron chi connectivity index (χ2n) is 4.04. The zero-order chi connectivity index (χ0) is 12.7. The van der Waals surface area contributed by atoms with Crippen LogP contribution in [0.1, 0.15) is 25.8 Å². The summed E-state index contributed by atoms with van der Waals surface area (Å²) in [5.41, 5.74) is 1.68. The Balaban J connectivity index is 2.65. The summed E-state index contributed by atoms with van der Waals surface area (Å²) >= 11 is 0. The molecule has 4 nitrogen and oxygen atoms in total. The van der Waals surface area contributed by atoms with Crippen LogP contribution in [-0.2, 0) is 16.3 Å². The molecule has 0 aliphatic rings. The summed E-state index contributed by atoms with van der Waals surface area (Å²) in [5.74, 6) is 0. The molecule has 4 heteroatoms. The van der Waals surface area contributed by atoms with Gasteiger partial charge in [-0.1, -0.05) is 18.2 Å². The van der Waals surface area contributed by atoms with E-state index in [-0.39, 0.29) is 12.7 Å². The molecule has 17 heavy (non-hydrogen) atoms. The lowest BCUT2D eigenvalue weighted by Gasteiger charge is -2.12. The van der Waals surface area contributed by atoms with Gasteiger partial charge in [0.1, 0.15) is 0 Å². The molecular formula is C13H18NO3. The highest BCUT2D eigenvalue weighted by molar-refractivity contribution is 5.85. The van der Waals surface area contributed by atoms with Crippen LogP contribution < -0.4 is 5.32 Å². The quantitative estimate of drug-likeness (QED) is 0.854. The van der Waals surface area contributed by atoms with Gasteiger partial charge in [0.25, 0.3) is 0 Å². The number of benzene rings is 1. The second-order valence-corrected chi connectivity index (χ2v) is 4.04. The van der Waals surface area contributed by atoms with E-state index in [2.05, 4.69) is 5.32 Å². The van der Waals surface area contributed by atoms with E-state index >= 15 is 0 Å². The zero-order valence-corrected chi connectivity index (χ0v) is 10.2. The molecule has 0 fully saturated rings. The lowest BCUT2D eigenvalue weighted by molar-refractivity contribution is 0.130. The number of nitrogens with one attached hydrogen (secondary N) is 1. The van der Waals surface area contributed by atoms with Crippen LogP contribution in [0.5, 0.6) is 0 Å². The number of carbonyl (C=O) groups excluding carboxylic acids is 1. The summed E-state index contributed by atoms with van der Waals surface area (Å²) < 4.78 is 5.00. The molecular weight excluding hydrogens is 218 g/mol. The minimum atomic E-state index is -0.463. The van der Waals surface area contributed by atoms with Crippen LogP contribution in [0.2, 0.25) is 0 Å². The van der Waals surface area contributed by atoms with E-state index in [4.69, 9.17) is 4.74 Å². The first-order valence-electron chi connectivity index (χ1n) is 5.77. The van der Waals surface area contributed by atoms with Crippen molar-refractivity contribution in [2.45, 2.75) is 32.8 Å². The van der Waals surface area contributed by atoms with Crippen LogP contribution in [0.15, 0.2) is 24.3 Å². The van der Waals surface area contributed by atoms with Crippen LogP contribution in [-0.4, -0.2) is 18.8 Å². The normalized spacial score (nSPS) is 10.4. The molecule has 93 valence electrons. The fourth-order valence-corrected chi connectivity index (χ4v) is 1.48. The van der Waals surface area contributed by atoms with Gasteiger partial charge in [-0.25, -0.2) is 9.90 Å². The third-order valence-electron chi connectivity index (χ3n) is 2.19. The van der Waals surface area contributed by atoms with Crippen molar-refractivity contribution < 1.29 is 14.6 Å². The molecule has 1 aromatic rings. The number of hydrogen-bond donors (Lipinski definition) is 1. The first-order valence-corrected chi connectivity index (χ1v) is 5.77. The van der Waals surface area contributed by atoms with Crippen molar-refractivity contribution in [1.29, 1.82) is 0 Å². The Bertz CT molecular complexity index is 363. The molecule has 1 N–H and O–H groups in total. The minimum absolute atomic E-state index is 0.106. The van der Waals surface area contributed by atoms with Gasteiger partial charge in [-0.2, -0.15) is 0 Å². The van der Waals surface area contributed by atoms with Gasteiger partial charge >= 0.3 is 6.09 Å². The topological polar surface area (TPSA) is 58.2 Å². The molecule has 0 saturated heterocycles. The zero-order valence-electron chi connectivity index (χ0n) is 10.2. The van der Waals surface area contributed by atoms with Gasteiger partial charge in [-0.15, -0.1) is 0 Å². The van der Waals surface area contributed by atoms with Crippen molar-refractivity contribution in [3.8, 4) is 0 Å². The van der Waals surface area contributed by atoms with Gasteiger partial charge in [0.05, 0.1) is 12.7 Å². The van der Waals surface area contributed by atoms with Crippen molar-refractivity contribution in [3.63, 3.8) is 0 Å². The largest absolute Gasteiger partial charge is 0.447 e. The minimum Gasteiger partial charge on any atom is -0.447 e. The van der Waals surface area contributed by atoms with Gasteiger partial charge in [0.2, 0.25) is 0 Å². The van der Waals surface area contributed by atoms with E-state index in [9.17, 15) is 9.90 Å². The Morgan fingerprint density at radius 2 is 2.06 bits per heavy atom. The molecule has 0 heterocycles. The van der Waals surface area contributed by atoms with E-state index < -0.39 is 6.09 Å². The molecule has 0 atom stereocenters. The molecule has 0 spiro atoms. The van der Waals surface area contributed by atoms with Crippen molar-refractivity contribution in [3.05, 3.63) is 29.8 Å². The number of carbonyl (C=O) groups is 1. The molecule has 0 bridgehead atoms. The van der Waals surface area contributed by atoms with Crippen LogP contribution in [0, 0.1) is 0 Å². The molecule has 0 aliphatic carbocycles. The number of ether oxygens (including phenoxy) is 1. The number of amides is 1. The van der Waals surface area contributed by atoms with Crippen LogP contribution in [0.25, 0.3) is 0 Å². The number of para-hydroxylation sites is 1. The third-order valence-corrected chi connectivity index (χ3v) is 2.19. The molecule has 0 saturated carbocycles. The molecule has 0 aromatic heterocycles. The number of aryl methyl sites for hydroxylation is 1. The Hall–Kier alpha value is -1.55. The lowest BCUT2D eigenvalue weighted by Crippen LogP contribution is -2.18. The predicted octanol–water partition coefficient (Wildman–Crippen LogP) is 3.01. The summed E-state index contributed by atoms with van der Waals surface area (Å²) in [4.78, 5) is 11.5. The molecule has 1 aromatic carbocycles. The van der Waals surface area contributed by atoms with Crippen molar-refractivity contribution in [2.24, 2.45) is 0 Å². The molecule has 1 radical (unpaired) electrons. The van der Waals surface area contributed by atoms with Gasteiger partial charge in [-0.05, 0) is 38.3 Å². The van der Waals surface area contributed by atoms with Crippen LogP contribution >= 0.6 is 0 Å². The fraction of sp³-hybridized carbons (Fsp3) is 0.462. The summed E-state index contributed by atoms with van der Waals surface area (Å²) in [6.45, 7) is 3.48. The highest BCUT2D eigenvalue weighted by Crippen LogP contribution is 2.17. The van der Waals surface area contributed by atoms with E-state index in [1.165, 1.54) is 0 Å². The Labute approximate surface area is 102 Å².